The van der Waals surface area contributed by atoms with E-state index in [1.54, 1.807) is 18.2 Å². The van der Waals surface area contributed by atoms with E-state index in [0.717, 1.165) is 11.1 Å². The minimum Gasteiger partial charge on any atom is -0.507 e. The van der Waals surface area contributed by atoms with Gasteiger partial charge >= 0.3 is 0 Å². The van der Waals surface area contributed by atoms with E-state index >= 15 is 0 Å². The molecule has 1 heterocycles. The van der Waals surface area contributed by atoms with Gasteiger partial charge in [-0.25, -0.2) is 0 Å². The Bertz CT molecular complexity index is 708. The number of hydrogen-bond acceptors (Lipinski definition) is 3. The SMILES string of the molecule is CC(C)(C)c1cc(C(=O)c2occc2Cl)cc(C(C)(C)C)c1O. The van der Waals surface area contributed by atoms with Gasteiger partial charge < -0.3 is 9.52 Å². The van der Waals surface area contributed by atoms with Crippen molar-refractivity contribution in [2.24, 2.45) is 0 Å². The summed E-state index contributed by atoms with van der Waals surface area (Å²) in [5, 5.41) is 11.0. The zero-order valence-electron chi connectivity index (χ0n) is 14.5. The highest BCUT2D eigenvalue weighted by Crippen LogP contribution is 2.40. The average molecular weight is 335 g/mol. The van der Waals surface area contributed by atoms with Crippen molar-refractivity contribution in [2.45, 2.75) is 52.4 Å². The van der Waals surface area contributed by atoms with Crippen LogP contribution in [0, 0.1) is 0 Å². The van der Waals surface area contributed by atoms with Crippen molar-refractivity contribution < 1.29 is 14.3 Å². The summed E-state index contributed by atoms with van der Waals surface area (Å²) in [6.45, 7) is 12.0. The number of ketones is 1. The largest absolute Gasteiger partial charge is 0.507 e. The van der Waals surface area contributed by atoms with Crippen molar-refractivity contribution in [1.82, 2.24) is 0 Å². The van der Waals surface area contributed by atoms with E-state index in [9.17, 15) is 9.90 Å². The topological polar surface area (TPSA) is 50.4 Å². The molecule has 0 fully saturated rings. The van der Waals surface area contributed by atoms with Crippen molar-refractivity contribution in [3.05, 3.63) is 51.9 Å². The van der Waals surface area contributed by atoms with Crippen molar-refractivity contribution >= 4 is 17.4 Å². The number of furan rings is 1. The lowest BCUT2D eigenvalue weighted by Gasteiger charge is -2.28. The fourth-order valence-electron chi connectivity index (χ4n) is 2.50. The molecular formula is C19H23ClO3. The summed E-state index contributed by atoms with van der Waals surface area (Å²) >= 11 is 6.01. The first-order valence-corrected chi connectivity index (χ1v) is 7.96. The predicted molar refractivity (Wildman–Crippen MR) is 92.7 cm³/mol. The van der Waals surface area contributed by atoms with E-state index in [1.165, 1.54) is 6.26 Å². The lowest BCUT2D eigenvalue weighted by Crippen LogP contribution is -2.19. The quantitative estimate of drug-likeness (QED) is 0.741. The summed E-state index contributed by atoms with van der Waals surface area (Å²) < 4.78 is 5.22. The third-order valence-electron chi connectivity index (χ3n) is 3.81. The second kappa shape index (κ2) is 5.72. The van der Waals surface area contributed by atoms with Gasteiger partial charge in [-0.05, 0) is 29.0 Å². The Balaban J connectivity index is 2.70. The van der Waals surface area contributed by atoms with Crippen LogP contribution in [0.25, 0.3) is 0 Å². The predicted octanol–water partition coefficient (Wildman–Crippen LogP) is 5.46. The molecule has 0 spiro atoms. The first-order valence-electron chi connectivity index (χ1n) is 7.58. The molecule has 1 aromatic heterocycles. The van der Waals surface area contributed by atoms with Crippen molar-refractivity contribution in [3.63, 3.8) is 0 Å². The third kappa shape index (κ3) is 3.45. The van der Waals surface area contributed by atoms with Crippen LogP contribution >= 0.6 is 11.6 Å². The van der Waals surface area contributed by atoms with Gasteiger partial charge in [0.15, 0.2) is 5.76 Å². The molecule has 0 aliphatic heterocycles. The number of phenolic OH excluding ortho intramolecular Hbond substituents is 1. The molecule has 0 bridgehead atoms. The molecule has 0 aliphatic rings. The lowest BCUT2D eigenvalue weighted by atomic mass is 9.78. The smallest absolute Gasteiger partial charge is 0.229 e. The van der Waals surface area contributed by atoms with Gasteiger partial charge in [-0.3, -0.25) is 4.79 Å². The van der Waals surface area contributed by atoms with Gasteiger partial charge in [0, 0.05) is 16.7 Å². The number of benzene rings is 1. The second-order valence-corrected chi connectivity index (χ2v) is 8.25. The standard InChI is InChI=1S/C19H23ClO3/c1-18(2,3)12-9-11(10-13(16(12)22)19(4,5)6)15(21)17-14(20)7-8-23-17/h7-10,22H,1-6H3. The number of carbonyl (C=O) groups excluding carboxylic acids is 1. The molecule has 1 N–H and O–H groups in total. The second-order valence-electron chi connectivity index (χ2n) is 7.85. The van der Waals surface area contributed by atoms with Crippen LogP contribution in [-0.4, -0.2) is 10.9 Å². The van der Waals surface area contributed by atoms with Crippen molar-refractivity contribution in [2.75, 3.05) is 0 Å². The molecule has 0 unspecified atom stereocenters. The van der Waals surface area contributed by atoms with E-state index in [4.69, 9.17) is 16.0 Å². The molecule has 0 radical (unpaired) electrons. The molecular weight excluding hydrogens is 312 g/mol. The van der Waals surface area contributed by atoms with Gasteiger partial charge in [-0.2, -0.15) is 0 Å². The van der Waals surface area contributed by atoms with Crippen molar-refractivity contribution in [1.29, 1.82) is 0 Å². The van der Waals surface area contributed by atoms with Crippen LogP contribution in [-0.2, 0) is 10.8 Å². The average Bonchev–Trinajstić information content (AvgIpc) is 2.81. The van der Waals surface area contributed by atoms with Crippen molar-refractivity contribution in [3.8, 4) is 5.75 Å². The van der Waals surface area contributed by atoms with Crippen LogP contribution in [0.4, 0.5) is 0 Å². The Kier molecular flexibility index (Phi) is 4.38. The summed E-state index contributed by atoms with van der Waals surface area (Å²) in [7, 11) is 0. The molecule has 0 atom stereocenters. The number of hydrogen-bond donors (Lipinski definition) is 1. The van der Waals surface area contributed by atoms with E-state index in [-0.39, 0.29) is 33.1 Å². The molecule has 0 amide bonds. The highest BCUT2D eigenvalue weighted by Gasteiger charge is 2.29. The van der Waals surface area contributed by atoms with Crippen LogP contribution in [0.15, 0.2) is 28.9 Å². The number of aromatic hydroxyl groups is 1. The number of halogens is 1. The van der Waals surface area contributed by atoms with E-state index in [0.29, 0.717) is 5.56 Å². The fourth-order valence-corrected chi connectivity index (χ4v) is 2.68. The van der Waals surface area contributed by atoms with Gasteiger partial charge in [0.05, 0.1) is 11.3 Å². The van der Waals surface area contributed by atoms with Gasteiger partial charge in [-0.15, -0.1) is 0 Å². The highest BCUT2D eigenvalue weighted by atomic mass is 35.5. The Morgan fingerprint density at radius 3 is 1.87 bits per heavy atom. The molecule has 0 saturated carbocycles. The molecule has 2 aromatic rings. The molecule has 2 rings (SSSR count). The molecule has 0 saturated heterocycles. The van der Waals surface area contributed by atoms with E-state index in [1.807, 2.05) is 41.5 Å². The van der Waals surface area contributed by atoms with Crippen LogP contribution in [0.3, 0.4) is 0 Å². The van der Waals surface area contributed by atoms with Crippen LogP contribution in [0.5, 0.6) is 5.75 Å². The maximum absolute atomic E-state index is 12.7. The minimum atomic E-state index is -0.298. The summed E-state index contributed by atoms with van der Waals surface area (Å²) in [6, 6.07) is 5.00. The number of rotatable bonds is 2. The molecule has 4 heteroatoms. The van der Waals surface area contributed by atoms with Gasteiger partial charge in [0.25, 0.3) is 0 Å². The first kappa shape index (κ1) is 17.6. The normalized spacial score (nSPS) is 12.5. The number of phenols is 1. The molecule has 0 aliphatic carbocycles. The molecule has 23 heavy (non-hydrogen) atoms. The first-order chi connectivity index (χ1) is 10.4. The molecule has 1 aromatic carbocycles. The van der Waals surface area contributed by atoms with E-state index in [2.05, 4.69) is 0 Å². The number of carbonyl (C=O) groups is 1. The Morgan fingerprint density at radius 2 is 1.52 bits per heavy atom. The monoisotopic (exact) mass is 334 g/mol. The van der Waals surface area contributed by atoms with Gasteiger partial charge in [0.1, 0.15) is 5.75 Å². The highest BCUT2D eigenvalue weighted by molar-refractivity contribution is 6.34. The lowest BCUT2D eigenvalue weighted by molar-refractivity contribution is 0.101. The minimum absolute atomic E-state index is 0.122. The van der Waals surface area contributed by atoms with E-state index < -0.39 is 0 Å². The van der Waals surface area contributed by atoms with Crippen LogP contribution < -0.4 is 0 Å². The summed E-state index contributed by atoms with van der Waals surface area (Å²) in [6.07, 6.45) is 1.39. The summed E-state index contributed by atoms with van der Waals surface area (Å²) in [5.74, 6) is 0.0835. The Hall–Kier alpha value is -1.74. The van der Waals surface area contributed by atoms with Gasteiger partial charge in [0.2, 0.25) is 5.78 Å². The maximum Gasteiger partial charge on any atom is 0.229 e. The fraction of sp³-hybridized carbons (Fsp3) is 0.421. The zero-order valence-corrected chi connectivity index (χ0v) is 15.2. The molecule has 3 nitrogen and oxygen atoms in total. The van der Waals surface area contributed by atoms with Crippen LogP contribution in [0.2, 0.25) is 5.02 Å². The Morgan fingerprint density at radius 1 is 1.04 bits per heavy atom. The summed E-state index contributed by atoms with van der Waals surface area (Å²) in [4.78, 5) is 12.7. The third-order valence-corrected chi connectivity index (χ3v) is 4.11. The summed E-state index contributed by atoms with van der Waals surface area (Å²) in [5.41, 5.74) is 1.34. The maximum atomic E-state index is 12.7. The Labute approximate surface area is 142 Å². The zero-order chi connectivity index (χ0) is 17.6. The van der Waals surface area contributed by atoms with Crippen LogP contribution in [0.1, 0.15) is 68.8 Å². The van der Waals surface area contributed by atoms with Gasteiger partial charge in [-0.1, -0.05) is 53.1 Å². The molecule has 124 valence electrons.